The predicted molar refractivity (Wildman–Crippen MR) is 120 cm³/mol. The molecule has 0 amide bonds. The minimum absolute atomic E-state index is 0.255. The lowest BCUT2D eigenvalue weighted by molar-refractivity contribution is -0.144. The fraction of sp³-hybridized carbons (Fsp3) is 0.609. The number of benzene rings is 1. The van der Waals surface area contributed by atoms with Gasteiger partial charge in [0.15, 0.2) is 0 Å². The summed E-state index contributed by atoms with van der Waals surface area (Å²) in [6.45, 7) is 3.70. The van der Waals surface area contributed by atoms with Gasteiger partial charge >= 0.3 is 0 Å². The average molecular weight is 416 g/mol. The van der Waals surface area contributed by atoms with Gasteiger partial charge in [0.2, 0.25) is 0 Å². The van der Waals surface area contributed by atoms with Gasteiger partial charge in [-0.1, -0.05) is 61.9 Å². The third-order valence-corrected chi connectivity index (χ3v) is 6.53. The molecule has 1 aromatic rings. The first-order valence-corrected chi connectivity index (χ1v) is 11.5. The Labute approximate surface area is 179 Å². The van der Waals surface area contributed by atoms with E-state index in [0.717, 1.165) is 37.2 Å². The van der Waals surface area contributed by atoms with E-state index in [4.69, 9.17) is 21.9 Å². The summed E-state index contributed by atoms with van der Waals surface area (Å²) in [4.78, 5) is 12.0. The quantitative estimate of drug-likeness (QED) is 0.702. The fourth-order valence-electron chi connectivity index (χ4n) is 4.47. The van der Waals surface area contributed by atoms with E-state index in [-0.39, 0.29) is 5.60 Å². The molecule has 1 saturated carbocycles. The molecule has 5 nitrogen and oxygen atoms in total. The topological polar surface area (TPSA) is 45.8 Å². The smallest absolute Gasteiger partial charge is 0.278 e. The van der Waals surface area contributed by atoms with Gasteiger partial charge in [-0.05, 0) is 56.5 Å². The summed E-state index contributed by atoms with van der Waals surface area (Å²) >= 11 is 5.48. The van der Waals surface area contributed by atoms with Crippen LogP contribution in [0, 0.1) is 6.92 Å². The number of nitrogens with one attached hydrogen (secondary N) is 2. The molecule has 2 N–H and O–H groups in total. The summed E-state index contributed by atoms with van der Waals surface area (Å²) in [5, 5.41) is 5.94. The Morgan fingerprint density at radius 3 is 2.45 bits per heavy atom. The van der Waals surface area contributed by atoms with E-state index >= 15 is 0 Å². The Hall–Kier alpha value is -1.63. The second-order valence-corrected chi connectivity index (χ2v) is 9.06. The van der Waals surface area contributed by atoms with Crippen LogP contribution in [0.1, 0.15) is 68.9 Å². The van der Waals surface area contributed by atoms with Crippen LogP contribution >= 0.6 is 12.2 Å². The molecule has 0 bridgehead atoms. The zero-order valence-corrected chi connectivity index (χ0v) is 18.2. The Morgan fingerprint density at radius 1 is 1.10 bits per heavy atom. The molecule has 1 spiro atoms. The van der Waals surface area contributed by atoms with Crippen LogP contribution in [0.15, 0.2) is 30.3 Å². The minimum Gasteiger partial charge on any atom is -0.376 e. The zero-order chi connectivity index (χ0) is 20.1. The van der Waals surface area contributed by atoms with Crippen molar-refractivity contribution in [2.45, 2.75) is 76.4 Å². The predicted octanol–water partition coefficient (Wildman–Crippen LogP) is 4.62. The summed E-state index contributed by atoms with van der Waals surface area (Å²) in [7, 11) is 0. The van der Waals surface area contributed by atoms with Crippen LogP contribution in [0.25, 0.3) is 5.70 Å². The van der Waals surface area contributed by atoms with Crippen LogP contribution in [0.2, 0.25) is 0 Å². The van der Waals surface area contributed by atoms with E-state index in [1.54, 1.807) is 0 Å². The summed E-state index contributed by atoms with van der Waals surface area (Å²) in [5.41, 5.74) is 6.36. The van der Waals surface area contributed by atoms with Crippen LogP contribution in [0.4, 0.5) is 0 Å². The Kier molecular flexibility index (Phi) is 6.73. The zero-order valence-electron chi connectivity index (χ0n) is 17.4. The molecule has 4 rings (SSSR count). The first-order chi connectivity index (χ1) is 14.1. The maximum Gasteiger partial charge on any atom is 0.278 e. The highest BCUT2D eigenvalue weighted by atomic mass is 32.1. The third-order valence-electron chi connectivity index (χ3n) is 6.34. The van der Waals surface area contributed by atoms with Gasteiger partial charge in [-0.3, -0.25) is 10.3 Å². The third kappa shape index (κ3) is 5.50. The second-order valence-electron chi connectivity index (χ2n) is 8.69. The molecule has 0 aromatic heterocycles. The molecule has 2 heterocycles. The van der Waals surface area contributed by atoms with Gasteiger partial charge in [0, 0.05) is 19.1 Å². The number of hydroxylamine groups is 3. The van der Waals surface area contributed by atoms with Crippen molar-refractivity contribution in [3.8, 4) is 0 Å². The normalized spacial score (nSPS) is 23.0. The highest BCUT2D eigenvalue weighted by Crippen LogP contribution is 2.34. The van der Waals surface area contributed by atoms with Crippen molar-refractivity contribution in [2.24, 2.45) is 0 Å². The molecule has 2 aliphatic heterocycles. The molecule has 29 heavy (non-hydrogen) atoms. The van der Waals surface area contributed by atoms with Gasteiger partial charge in [-0.25, -0.2) is 0 Å². The molecule has 1 aliphatic carbocycles. The molecule has 2 fully saturated rings. The van der Waals surface area contributed by atoms with Crippen LogP contribution in [-0.2, 0) is 9.68 Å². The second kappa shape index (κ2) is 9.45. The molecule has 1 aromatic carbocycles. The van der Waals surface area contributed by atoms with E-state index in [9.17, 15) is 0 Å². The highest BCUT2D eigenvalue weighted by molar-refractivity contribution is 7.80. The lowest BCUT2D eigenvalue weighted by atomic mass is 9.91. The number of nitrogens with zero attached hydrogens (tertiary/aromatic N) is 1. The maximum atomic E-state index is 6.01. The lowest BCUT2D eigenvalue weighted by Crippen LogP contribution is -2.47. The van der Waals surface area contributed by atoms with Crippen molar-refractivity contribution < 1.29 is 9.68 Å². The number of hydrogen-bond acceptors (Lipinski definition) is 5. The van der Waals surface area contributed by atoms with Gasteiger partial charge in [0.05, 0.1) is 5.70 Å². The van der Waals surface area contributed by atoms with E-state index in [1.807, 2.05) is 5.06 Å². The fourth-order valence-corrected chi connectivity index (χ4v) is 4.74. The first-order valence-electron chi connectivity index (χ1n) is 11.1. The molecule has 0 atom stereocenters. The summed E-state index contributed by atoms with van der Waals surface area (Å²) < 4.78 is 0. The summed E-state index contributed by atoms with van der Waals surface area (Å²) in [6.07, 6.45) is 13.0. The van der Waals surface area contributed by atoms with Gasteiger partial charge < -0.3 is 10.2 Å². The molecule has 158 valence electrons. The Balaban J connectivity index is 1.26. The summed E-state index contributed by atoms with van der Waals surface area (Å²) in [5.74, 6) is 0. The molecule has 0 radical (unpaired) electrons. The standard InChI is InChI=1S/C23H33N3O2S/c1-18-9-11-19(12-10-18)21-17-23(28-25-21)13-15-26(16-14-23)27-22(29)24-20-7-5-3-2-4-6-8-20/h9-12,17,20,25H,2-8,13-16H2,1H3,(H,24,29). The molecule has 0 unspecified atom stereocenters. The van der Waals surface area contributed by atoms with Crippen molar-refractivity contribution in [1.82, 2.24) is 15.9 Å². The van der Waals surface area contributed by atoms with Gasteiger partial charge in [-0.2, -0.15) is 0 Å². The molecular formula is C23H33N3O2S. The van der Waals surface area contributed by atoms with Crippen molar-refractivity contribution in [1.29, 1.82) is 0 Å². The van der Waals surface area contributed by atoms with Crippen LogP contribution in [0.5, 0.6) is 0 Å². The van der Waals surface area contributed by atoms with E-state index < -0.39 is 0 Å². The Bertz CT molecular complexity index is 718. The van der Waals surface area contributed by atoms with Crippen LogP contribution in [0.3, 0.4) is 0 Å². The number of aryl methyl sites for hydroxylation is 1. The average Bonchev–Trinajstić information content (AvgIpc) is 3.10. The van der Waals surface area contributed by atoms with Crippen LogP contribution < -0.4 is 10.8 Å². The largest absolute Gasteiger partial charge is 0.376 e. The molecule has 3 aliphatic rings. The number of thiocarbonyl (C=S) groups is 1. The SMILES string of the molecule is Cc1ccc(C2=CC3(CCN(OC(=S)NC4CCCCCCC4)CC3)ON2)cc1. The van der Waals surface area contributed by atoms with E-state index in [1.165, 1.54) is 50.5 Å². The number of hydrogen-bond donors (Lipinski definition) is 2. The van der Waals surface area contributed by atoms with E-state index in [0.29, 0.717) is 11.2 Å². The molecule has 6 heteroatoms. The molecule has 1 saturated heterocycles. The van der Waals surface area contributed by atoms with Crippen molar-refractivity contribution in [2.75, 3.05) is 13.1 Å². The van der Waals surface area contributed by atoms with Crippen molar-refractivity contribution in [3.05, 3.63) is 41.5 Å². The summed E-state index contributed by atoms with van der Waals surface area (Å²) in [6, 6.07) is 8.98. The van der Waals surface area contributed by atoms with Gasteiger partial charge in [0.1, 0.15) is 5.60 Å². The van der Waals surface area contributed by atoms with E-state index in [2.05, 4.69) is 48.1 Å². The van der Waals surface area contributed by atoms with Crippen LogP contribution in [-0.4, -0.2) is 35.0 Å². The number of rotatable bonds is 3. The van der Waals surface area contributed by atoms with Gasteiger partial charge in [-0.15, -0.1) is 5.06 Å². The number of piperidine rings is 1. The Morgan fingerprint density at radius 2 is 1.76 bits per heavy atom. The highest BCUT2D eigenvalue weighted by Gasteiger charge is 2.39. The minimum atomic E-state index is -0.255. The van der Waals surface area contributed by atoms with Crippen molar-refractivity contribution in [3.63, 3.8) is 0 Å². The maximum absolute atomic E-state index is 6.01. The lowest BCUT2D eigenvalue weighted by Gasteiger charge is -2.36. The van der Waals surface area contributed by atoms with Gasteiger partial charge in [0.25, 0.3) is 5.17 Å². The monoisotopic (exact) mass is 415 g/mol. The molecular weight excluding hydrogens is 382 g/mol. The van der Waals surface area contributed by atoms with Crippen molar-refractivity contribution >= 4 is 23.1 Å². The first kappa shape index (κ1) is 20.6.